The molecule has 1 spiro atoms. The van der Waals surface area contributed by atoms with Crippen molar-refractivity contribution in [1.82, 2.24) is 4.90 Å². The first-order valence-corrected chi connectivity index (χ1v) is 9.35. The van der Waals surface area contributed by atoms with E-state index in [1.165, 1.54) is 0 Å². The largest absolute Gasteiger partial charge is 0.347 e. The van der Waals surface area contributed by atoms with Gasteiger partial charge in [0.2, 0.25) is 11.8 Å². The number of hydrogen-bond acceptors (Lipinski definition) is 4. The van der Waals surface area contributed by atoms with Crippen LogP contribution in [0.15, 0.2) is 18.2 Å². The molecule has 2 heterocycles. The lowest BCUT2D eigenvalue weighted by atomic mass is 9.98. The molecule has 142 valence electrons. The van der Waals surface area contributed by atoms with E-state index >= 15 is 0 Å². The average Bonchev–Trinajstić information content (AvgIpc) is 3.05. The molecule has 2 aliphatic heterocycles. The van der Waals surface area contributed by atoms with E-state index in [1.54, 1.807) is 4.90 Å². The highest BCUT2D eigenvalue weighted by molar-refractivity contribution is 6.04. The van der Waals surface area contributed by atoms with Crippen molar-refractivity contribution in [2.75, 3.05) is 31.6 Å². The number of benzene rings is 1. The molecule has 0 saturated carbocycles. The molecule has 0 radical (unpaired) electrons. The van der Waals surface area contributed by atoms with Crippen molar-refractivity contribution >= 4 is 17.5 Å². The van der Waals surface area contributed by atoms with Crippen LogP contribution in [0.25, 0.3) is 0 Å². The number of nitrogens with one attached hydrogen (secondary N) is 1. The number of nitrogens with zero attached hydrogens (tertiary/aromatic N) is 1. The van der Waals surface area contributed by atoms with Crippen LogP contribution in [0.3, 0.4) is 0 Å². The summed E-state index contributed by atoms with van der Waals surface area (Å²) in [6.07, 6.45) is 1.19. The van der Waals surface area contributed by atoms with Gasteiger partial charge in [0.15, 0.2) is 5.79 Å². The molecule has 2 amide bonds. The van der Waals surface area contributed by atoms with E-state index in [0.29, 0.717) is 45.1 Å². The van der Waals surface area contributed by atoms with E-state index in [9.17, 15) is 9.59 Å². The van der Waals surface area contributed by atoms with Crippen LogP contribution in [-0.2, 0) is 19.1 Å². The summed E-state index contributed by atoms with van der Waals surface area (Å²) in [5, 5.41) is 2.94. The van der Waals surface area contributed by atoms with Gasteiger partial charge in [0.1, 0.15) is 6.42 Å². The molecule has 1 aromatic rings. The number of likely N-dealkylation sites (tertiary alicyclic amines) is 1. The third kappa shape index (κ3) is 4.07. The number of aryl methyl sites for hydroxylation is 1. The van der Waals surface area contributed by atoms with E-state index < -0.39 is 5.79 Å². The highest BCUT2D eigenvalue weighted by Crippen LogP contribution is 2.31. The van der Waals surface area contributed by atoms with Crippen LogP contribution in [0.4, 0.5) is 5.69 Å². The molecule has 0 aliphatic carbocycles. The molecule has 1 aromatic carbocycles. The predicted molar refractivity (Wildman–Crippen MR) is 99.0 cm³/mol. The lowest BCUT2D eigenvalue weighted by Crippen LogP contribution is -2.47. The Morgan fingerprint density at radius 3 is 2.46 bits per heavy atom. The molecule has 2 saturated heterocycles. The second-order valence-corrected chi connectivity index (χ2v) is 7.41. The Morgan fingerprint density at radius 2 is 1.85 bits per heavy atom. The standard InChI is InChI=1S/C20H28N2O4/c1-14(2)16-6-4-5-15(3)19(16)21-17(23)13-18(24)22-9-7-20(8-10-22)25-11-12-26-20/h4-6,14H,7-13H2,1-3H3,(H,21,23). The Hall–Kier alpha value is -1.92. The molecular weight excluding hydrogens is 332 g/mol. The molecule has 26 heavy (non-hydrogen) atoms. The first-order chi connectivity index (χ1) is 12.4. The van der Waals surface area contributed by atoms with Crippen LogP contribution in [0, 0.1) is 6.92 Å². The van der Waals surface area contributed by atoms with Crippen molar-refractivity contribution in [1.29, 1.82) is 0 Å². The first-order valence-electron chi connectivity index (χ1n) is 9.35. The summed E-state index contributed by atoms with van der Waals surface area (Å²) in [5.41, 5.74) is 2.92. The highest BCUT2D eigenvalue weighted by Gasteiger charge is 2.40. The smallest absolute Gasteiger partial charge is 0.233 e. The summed E-state index contributed by atoms with van der Waals surface area (Å²) in [7, 11) is 0. The van der Waals surface area contributed by atoms with Crippen LogP contribution in [0.2, 0.25) is 0 Å². The molecule has 0 unspecified atom stereocenters. The van der Waals surface area contributed by atoms with Gasteiger partial charge >= 0.3 is 0 Å². The fourth-order valence-corrected chi connectivity index (χ4v) is 3.66. The number of carbonyl (C=O) groups is 2. The Kier molecular flexibility index (Phi) is 5.63. The maximum atomic E-state index is 12.5. The Morgan fingerprint density at radius 1 is 1.19 bits per heavy atom. The Balaban J connectivity index is 1.56. The zero-order chi connectivity index (χ0) is 18.7. The van der Waals surface area contributed by atoms with E-state index in [2.05, 4.69) is 19.2 Å². The quantitative estimate of drug-likeness (QED) is 0.839. The summed E-state index contributed by atoms with van der Waals surface area (Å²) >= 11 is 0. The average molecular weight is 360 g/mol. The molecule has 0 bridgehead atoms. The molecule has 2 aliphatic rings. The molecule has 3 rings (SSSR count). The van der Waals surface area contributed by atoms with Gasteiger partial charge in [0.25, 0.3) is 0 Å². The van der Waals surface area contributed by atoms with Gasteiger partial charge in [0.05, 0.1) is 13.2 Å². The maximum absolute atomic E-state index is 12.5. The van der Waals surface area contributed by atoms with Crippen LogP contribution in [-0.4, -0.2) is 48.8 Å². The Labute approximate surface area is 154 Å². The minimum Gasteiger partial charge on any atom is -0.347 e. The second-order valence-electron chi connectivity index (χ2n) is 7.41. The molecule has 0 atom stereocenters. The molecule has 6 nitrogen and oxygen atoms in total. The third-order valence-corrected chi connectivity index (χ3v) is 5.19. The van der Waals surface area contributed by atoms with Crippen LogP contribution >= 0.6 is 0 Å². The molecule has 0 aromatic heterocycles. The fraction of sp³-hybridized carbons (Fsp3) is 0.600. The van der Waals surface area contributed by atoms with Crippen molar-refractivity contribution in [3.63, 3.8) is 0 Å². The minimum absolute atomic E-state index is 0.138. The molecular formula is C20H28N2O4. The third-order valence-electron chi connectivity index (χ3n) is 5.19. The van der Waals surface area contributed by atoms with Gasteiger partial charge < -0.3 is 19.7 Å². The lowest BCUT2D eigenvalue weighted by Gasteiger charge is -2.37. The lowest BCUT2D eigenvalue weighted by molar-refractivity contribution is -0.187. The minimum atomic E-state index is -0.508. The highest BCUT2D eigenvalue weighted by atomic mass is 16.7. The predicted octanol–water partition coefficient (Wildman–Crippen LogP) is 2.81. The zero-order valence-electron chi connectivity index (χ0n) is 15.8. The molecule has 1 N–H and O–H groups in total. The number of carbonyl (C=O) groups excluding carboxylic acids is 2. The van der Waals surface area contributed by atoms with Gasteiger partial charge in [-0.05, 0) is 24.0 Å². The summed E-state index contributed by atoms with van der Waals surface area (Å²) in [5.74, 6) is -0.618. The van der Waals surface area contributed by atoms with Crippen molar-refractivity contribution in [2.45, 2.75) is 51.7 Å². The first kappa shape index (κ1) is 18.9. The SMILES string of the molecule is Cc1cccc(C(C)C)c1NC(=O)CC(=O)N1CCC2(CC1)OCCO2. The number of rotatable bonds is 4. The monoisotopic (exact) mass is 360 g/mol. The van der Waals surface area contributed by atoms with E-state index in [0.717, 1.165) is 16.8 Å². The normalized spacial score (nSPS) is 19.2. The van der Waals surface area contributed by atoms with Crippen molar-refractivity contribution < 1.29 is 19.1 Å². The fourth-order valence-electron chi connectivity index (χ4n) is 3.66. The number of hydrogen-bond donors (Lipinski definition) is 1. The van der Waals surface area contributed by atoms with Crippen LogP contribution < -0.4 is 5.32 Å². The Bertz CT molecular complexity index is 670. The van der Waals surface area contributed by atoms with Gasteiger partial charge in [-0.15, -0.1) is 0 Å². The van der Waals surface area contributed by atoms with Gasteiger partial charge in [-0.2, -0.15) is 0 Å². The van der Waals surface area contributed by atoms with Gasteiger partial charge in [-0.1, -0.05) is 32.0 Å². The molecule has 6 heteroatoms. The number of anilines is 1. The van der Waals surface area contributed by atoms with Gasteiger partial charge in [0, 0.05) is 31.6 Å². The number of ether oxygens (including phenoxy) is 2. The molecule has 2 fully saturated rings. The van der Waals surface area contributed by atoms with E-state index in [-0.39, 0.29) is 18.2 Å². The summed E-state index contributed by atoms with van der Waals surface area (Å²) in [6, 6.07) is 5.97. The summed E-state index contributed by atoms with van der Waals surface area (Å²) < 4.78 is 11.4. The maximum Gasteiger partial charge on any atom is 0.233 e. The van der Waals surface area contributed by atoms with Crippen molar-refractivity contribution in [3.05, 3.63) is 29.3 Å². The number of piperidine rings is 1. The summed E-state index contributed by atoms with van der Waals surface area (Å²) in [4.78, 5) is 26.7. The van der Waals surface area contributed by atoms with Crippen molar-refractivity contribution in [3.8, 4) is 0 Å². The summed E-state index contributed by atoms with van der Waals surface area (Å²) in [6.45, 7) is 8.50. The van der Waals surface area contributed by atoms with Gasteiger partial charge in [-0.3, -0.25) is 9.59 Å². The number of para-hydroxylation sites is 1. The van der Waals surface area contributed by atoms with Crippen molar-refractivity contribution in [2.24, 2.45) is 0 Å². The zero-order valence-corrected chi connectivity index (χ0v) is 15.8. The van der Waals surface area contributed by atoms with E-state index in [4.69, 9.17) is 9.47 Å². The van der Waals surface area contributed by atoms with Gasteiger partial charge in [-0.25, -0.2) is 0 Å². The van der Waals surface area contributed by atoms with Crippen LogP contribution in [0.1, 0.15) is 50.2 Å². The second kappa shape index (κ2) is 7.76. The van der Waals surface area contributed by atoms with E-state index in [1.807, 2.05) is 25.1 Å². The topological polar surface area (TPSA) is 67.9 Å². The van der Waals surface area contributed by atoms with Crippen LogP contribution in [0.5, 0.6) is 0 Å². The number of amides is 2.